The van der Waals surface area contributed by atoms with E-state index in [1.54, 1.807) is 42.7 Å². The van der Waals surface area contributed by atoms with E-state index in [0.717, 1.165) is 37.4 Å². The maximum atomic E-state index is 5.67. The third-order valence-electron chi connectivity index (χ3n) is 6.82. The standard InChI is InChI=1S/C20H48O6Si3/c1-20(14-11-17-27(8,21-2)22-3,15-12-18-28(9,23-4)24-5)16-13-19-29(10,25-6)26-7/h11-19H2,1-10H3. The summed E-state index contributed by atoms with van der Waals surface area (Å²) in [5, 5.41) is 0. The minimum Gasteiger partial charge on any atom is -0.398 e. The highest BCUT2D eigenvalue weighted by molar-refractivity contribution is 6.66. The highest BCUT2D eigenvalue weighted by atomic mass is 28.4. The molecule has 0 saturated heterocycles. The fourth-order valence-electron chi connectivity index (χ4n) is 3.75. The van der Waals surface area contributed by atoms with Gasteiger partial charge in [-0.3, -0.25) is 0 Å². The van der Waals surface area contributed by atoms with E-state index in [1.165, 1.54) is 19.3 Å². The molecular formula is C20H48O6Si3. The largest absolute Gasteiger partial charge is 0.398 e. The second-order valence-electron chi connectivity index (χ2n) is 9.00. The average Bonchev–Trinajstić information content (AvgIpc) is 2.73. The lowest BCUT2D eigenvalue weighted by atomic mass is 9.77. The molecule has 0 rings (SSSR count). The van der Waals surface area contributed by atoms with Crippen LogP contribution in [0.2, 0.25) is 37.8 Å². The van der Waals surface area contributed by atoms with Crippen LogP contribution >= 0.6 is 0 Å². The minimum atomic E-state index is -2.01. The van der Waals surface area contributed by atoms with Crippen LogP contribution in [0.5, 0.6) is 0 Å². The molecule has 29 heavy (non-hydrogen) atoms. The molecule has 0 aliphatic heterocycles. The van der Waals surface area contributed by atoms with Gasteiger partial charge in [0.15, 0.2) is 0 Å². The molecule has 0 aliphatic carbocycles. The molecule has 0 spiro atoms. The highest BCUT2D eigenvalue weighted by Gasteiger charge is 2.34. The third kappa shape index (κ3) is 11.0. The fraction of sp³-hybridized carbons (Fsp3) is 1.00. The van der Waals surface area contributed by atoms with E-state index < -0.39 is 25.7 Å². The van der Waals surface area contributed by atoms with Gasteiger partial charge in [0.05, 0.1) is 0 Å². The second-order valence-corrected chi connectivity index (χ2v) is 19.7. The van der Waals surface area contributed by atoms with Crippen LogP contribution in [0.1, 0.15) is 45.4 Å². The van der Waals surface area contributed by atoms with Crippen molar-refractivity contribution in [1.82, 2.24) is 0 Å². The van der Waals surface area contributed by atoms with Crippen molar-refractivity contribution in [3.63, 3.8) is 0 Å². The molecule has 0 aromatic carbocycles. The van der Waals surface area contributed by atoms with E-state index in [-0.39, 0.29) is 5.41 Å². The van der Waals surface area contributed by atoms with Crippen LogP contribution in [-0.4, -0.2) is 68.3 Å². The van der Waals surface area contributed by atoms with E-state index in [2.05, 4.69) is 26.6 Å². The van der Waals surface area contributed by atoms with Gasteiger partial charge in [-0.2, -0.15) is 0 Å². The van der Waals surface area contributed by atoms with E-state index in [0.29, 0.717) is 0 Å². The van der Waals surface area contributed by atoms with Crippen LogP contribution in [0.25, 0.3) is 0 Å². The van der Waals surface area contributed by atoms with E-state index in [1.807, 2.05) is 0 Å². The van der Waals surface area contributed by atoms with E-state index in [9.17, 15) is 0 Å². The summed E-state index contributed by atoms with van der Waals surface area (Å²) in [6.07, 6.45) is 6.94. The molecule has 0 saturated carbocycles. The van der Waals surface area contributed by atoms with Gasteiger partial charge in [-0.25, -0.2) is 0 Å². The first kappa shape index (κ1) is 29.4. The predicted octanol–water partition coefficient (Wildman–Crippen LogP) is 5.43. The molecule has 0 unspecified atom stereocenters. The molecule has 0 heterocycles. The molecule has 176 valence electrons. The Balaban J connectivity index is 4.92. The zero-order valence-corrected chi connectivity index (χ0v) is 23.8. The molecule has 9 heteroatoms. The zero-order valence-electron chi connectivity index (χ0n) is 20.8. The Morgan fingerprint density at radius 2 is 0.690 bits per heavy atom. The van der Waals surface area contributed by atoms with Crippen molar-refractivity contribution in [2.45, 2.75) is 83.2 Å². The third-order valence-corrected chi connectivity index (χ3v) is 15.8. The van der Waals surface area contributed by atoms with Crippen LogP contribution in [0.15, 0.2) is 0 Å². The van der Waals surface area contributed by atoms with Gasteiger partial charge in [-0.15, -0.1) is 0 Å². The molecule has 0 atom stereocenters. The summed E-state index contributed by atoms with van der Waals surface area (Å²) in [7, 11) is 4.62. The fourth-order valence-corrected chi connectivity index (χ4v) is 7.93. The zero-order chi connectivity index (χ0) is 22.6. The minimum absolute atomic E-state index is 0.282. The molecule has 0 bridgehead atoms. The van der Waals surface area contributed by atoms with Gasteiger partial charge in [0.2, 0.25) is 0 Å². The van der Waals surface area contributed by atoms with Gasteiger partial charge in [-0.1, -0.05) is 26.2 Å². The summed E-state index contributed by atoms with van der Waals surface area (Å²) in [6.45, 7) is 8.87. The normalized spacial score (nSPS) is 13.9. The van der Waals surface area contributed by atoms with Crippen molar-refractivity contribution < 1.29 is 26.6 Å². The van der Waals surface area contributed by atoms with Gasteiger partial charge >= 0.3 is 25.7 Å². The van der Waals surface area contributed by atoms with Gasteiger partial charge in [0, 0.05) is 42.7 Å². The second kappa shape index (κ2) is 13.7. The molecule has 6 nitrogen and oxygen atoms in total. The van der Waals surface area contributed by atoms with Gasteiger partial charge in [0.25, 0.3) is 0 Å². The Morgan fingerprint density at radius 1 is 0.483 bits per heavy atom. The predicted molar refractivity (Wildman–Crippen MR) is 127 cm³/mol. The quantitative estimate of drug-likeness (QED) is 0.250. The molecule has 0 N–H and O–H groups in total. The van der Waals surface area contributed by atoms with Crippen molar-refractivity contribution in [2.75, 3.05) is 42.7 Å². The summed E-state index contributed by atoms with van der Waals surface area (Å²) in [5.41, 5.74) is 0.282. The van der Waals surface area contributed by atoms with Crippen LogP contribution < -0.4 is 0 Å². The lowest BCUT2D eigenvalue weighted by molar-refractivity contribution is 0.211. The van der Waals surface area contributed by atoms with Crippen molar-refractivity contribution in [1.29, 1.82) is 0 Å². The van der Waals surface area contributed by atoms with Crippen molar-refractivity contribution >= 4 is 25.7 Å². The maximum absolute atomic E-state index is 5.67. The number of rotatable bonds is 18. The Kier molecular flexibility index (Phi) is 13.9. The van der Waals surface area contributed by atoms with Crippen LogP contribution in [0, 0.1) is 5.41 Å². The Hall–Kier alpha value is 0.411. The highest BCUT2D eigenvalue weighted by Crippen LogP contribution is 2.38. The van der Waals surface area contributed by atoms with Gasteiger partial charge in [-0.05, 0) is 62.5 Å². The number of hydrogen-bond acceptors (Lipinski definition) is 6. The molecule has 0 amide bonds. The molecule has 0 fully saturated rings. The topological polar surface area (TPSA) is 55.4 Å². The van der Waals surface area contributed by atoms with Crippen molar-refractivity contribution in [3.05, 3.63) is 0 Å². The summed E-state index contributed by atoms with van der Waals surface area (Å²) < 4.78 is 34.0. The monoisotopic (exact) mass is 468 g/mol. The molecule has 0 radical (unpaired) electrons. The molecule has 0 aromatic heterocycles. The van der Waals surface area contributed by atoms with E-state index >= 15 is 0 Å². The van der Waals surface area contributed by atoms with Crippen molar-refractivity contribution in [3.8, 4) is 0 Å². The van der Waals surface area contributed by atoms with Crippen LogP contribution in [-0.2, 0) is 26.6 Å². The Labute approximate surface area is 183 Å². The summed E-state index contributed by atoms with van der Waals surface area (Å²) in [4.78, 5) is 0. The smallest absolute Gasteiger partial charge is 0.334 e. The van der Waals surface area contributed by atoms with Crippen LogP contribution in [0.4, 0.5) is 0 Å². The molecular weight excluding hydrogens is 420 g/mol. The van der Waals surface area contributed by atoms with Gasteiger partial charge < -0.3 is 26.6 Å². The van der Waals surface area contributed by atoms with Crippen molar-refractivity contribution in [2.24, 2.45) is 5.41 Å². The van der Waals surface area contributed by atoms with Crippen LogP contribution in [0.3, 0.4) is 0 Å². The first-order valence-corrected chi connectivity index (χ1v) is 18.4. The molecule has 0 aliphatic rings. The number of hydrogen-bond donors (Lipinski definition) is 0. The molecule has 0 aromatic rings. The maximum Gasteiger partial charge on any atom is 0.334 e. The summed E-state index contributed by atoms with van der Waals surface area (Å²) >= 11 is 0. The SMILES string of the molecule is CO[Si](C)(CCCC(C)(CCC[Si](C)(OC)OC)CCC[Si](C)(OC)OC)OC. The average molecular weight is 469 g/mol. The lowest BCUT2D eigenvalue weighted by Gasteiger charge is -2.33. The first-order valence-electron chi connectivity index (χ1n) is 10.8. The Bertz CT molecular complexity index is 367. The lowest BCUT2D eigenvalue weighted by Crippen LogP contribution is -2.37. The summed E-state index contributed by atoms with van der Waals surface area (Å²) in [5.74, 6) is 0. The Morgan fingerprint density at radius 3 is 0.862 bits per heavy atom. The summed E-state index contributed by atoms with van der Waals surface area (Å²) in [6, 6.07) is 3.09. The van der Waals surface area contributed by atoms with E-state index in [4.69, 9.17) is 26.6 Å². The van der Waals surface area contributed by atoms with Gasteiger partial charge in [0.1, 0.15) is 0 Å². The first-order chi connectivity index (χ1) is 13.5.